The van der Waals surface area contributed by atoms with Crippen molar-refractivity contribution >= 4 is 17.3 Å². The summed E-state index contributed by atoms with van der Waals surface area (Å²) in [6.45, 7) is 3.92. The van der Waals surface area contributed by atoms with Gasteiger partial charge in [-0.15, -0.1) is 0 Å². The molecule has 0 bridgehead atoms. The molecule has 16 heavy (non-hydrogen) atoms. The zero-order valence-electron chi connectivity index (χ0n) is 9.36. The maximum Gasteiger partial charge on any atom is 0.326 e. The van der Waals surface area contributed by atoms with Crippen molar-refractivity contribution < 1.29 is 4.79 Å². The van der Waals surface area contributed by atoms with Crippen molar-refractivity contribution in [3.8, 4) is 0 Å². The van der Waals surface area contributed by atoms with Gasteiger partial charge in [-0.2, -0.15) is 0 Å². The van der Waals surface area contributed by atoms with Crippen LogP contribution in [0.25, 0.3) is 11.0 Å². The molecule has 0 atom stereocenters. The summed E-state index contributed by atoms with van der Waals surface area (Å²) in [6.07, 6.45) is 1.25. The van der Waals surface area contributed by atoms with E-state index >= 15 is 0 Å². The van der Waals surface area contributed by atoms with Crippen molar-refractivity contribution in [2.75, 3.05) is 0 Å². The minimum atomic E-state index is -0.103. The second-order valence-electron chi connectivity index (χ2n) is 4.12. The van der Waals surface area contributed by atoms with Crippen LogP contribution in [0.15, 0.2) is 23.0 Å². The first-order chi connectivity index (χ1) is 7.63. The monoisotopic (exact) mass is 218 g/mol. The molecule has 2 aromatic rings. The zero-order valence-corrected chi connectivity index (χ0v) is 9.36. The molecule has 0 radical (unpaired) electrons. The molecule has 1 heterocycles. The van der Waals surface area contributed by atoms with E-state index in [4.69, 9.17) is 0 Å². The summed E-state index contributed by atoms with van der Waals surface area (Å²) in [5.41, 5.74) is 2.50. The molecule has 4 heteroatoms. The zero-order chi connectivity index (χ0) is 11.7. The van der Waals surface area contributed by atoms with Gasteiger partial charge in [-0.25, -0.2) is 4.79 Å². The molecular weight excluding hydrogens is 204 g/mol. The molecule has 0 spiro atoms. The van der Waals surface area contributed by atoms with Gasteiger partial charge in [-0.05, 0) is 31.5 Å². The molecule has 0 unspecified atom stereocenters. The number of hydrogen-bond donors (Lipinski definition) is 1. The first kappa shape index (κ1) is 10.7. The summed E-state index contributed by atoms with van der Waals surface area (Å²) in [4.78, 5) is 24.9. The first-order valence-corrected chi connectivity index (χ1v) is 5.30. The molecule has 2 rings (SSSR count). The number of imidazole rings is 1. The van der Waals surface area contributed by atoms with E-state index in [0.717, 1.165) is 22.9 Å². The Labute approximate surface area is 92.9 Å². The molecule has 1 aromatic heterocycles. The van der Waals surface area contributed by atoms with Crippen molar-refractivity contribution in [1.29, 1.82) is 0 Å². The molecule has 0 amide bonds. The average Bonchev–Trinajstić information content (AvgIpc) is 2.53. The van der Waals surface area contributed by atoms with Crippen LogP contribution in [0, 0.1) is 0 Å². The maximum absolute atomic E-state index is 11.7. The highest BCUT2D eigenvalue weighted by Crippen LogP contribution is 2.16. The van der Waals surface area contributed by atoms with Gasteiger partial charge in [0.05, 0.1) is 11.0 Å². The number of aromatic amines is 1. The third-order valence-electron chi connectivity index (χ3n) is 2.62. The van der Waals surface area contributed by atoms with Gasteiger partial charge in [0.15, 0.2) is 0 Å². The minimum absolute atomic E-state index is 0.103. The van der Waals surface area contributed by atoms with Crippen molar-refractivity contribution in [3.63, 3.8) is 0 Å². The minimum Gasteiger partial charge on any atom is -0.306 e. The van der Waals surface area contributed by atoms with Crippen LogP contribution in [0.4, 0.5) is 0 Å². The van der Waals surface area contributed by atoms with Gasteiger partial charge in [-0.3, -0.25) is 4.57 Å². The fourth-order valence-corrected chi connectivity index (χ4v) is 1.90. The van der Waals surface area contributed by atoms with Crippen molar-refractivity contribution in [1.82, 2.24) is 9.55 Å². The molecule has 1 N–H and O–H groups in total. The first-order valence-electron chi connectivity index (χ1n) is 5.30. The number of rotatable bonds is 3. The Morgan fingerprint density at radius 1 is 1.44 bits per heavy atom. The Bertz CT molecular complexity index is 578. The number of carbonyl (C=O) groups excluding carboxylic acids is 1. The van der Waals surface area contributed by atoms with Gasteiger partial charge in [0.1, 0.15) is 6.29 Å². The van der Waals surface area contributed by atoms with E-state index in [1.807, 2.05) is 32.0 Å². The third-order valence-corrected chi connectivity index (χ3v) is 2.62. The number of fused-ring (bicyclic) bond motifs is 1. The number of benzene rings is 1. The van der Waals surface area contributed by atoms with Crippen molar-refractivity contribution in [2.45, 2.75) is 26.3 Å². The highest BCUT2D eigenvalue weighted by Gasteiger charge is 2.09. The summed E-state index contributed by atoms with van der Waals surface area (Å²) < 4.78 is 1.70. The summed E-state index contributed by atoms with van der Waals surface area (Å²) in [5.74, 6) is 0. The number of H-pyrrole nitrogens is 1. The second-order valence-corrected chi connectivity index (χ2v) is 4.12. The van der Waals surface area contributed by atoms with Crippen LogP contribution >= 0.6 is 0 Å². The average molecular weight is 218 g/mol. The maximum atomic E-state index is 11.7. The Morgan fingerprint density at radius 3 is 2.81 bits per heavy atom. The fourth-order valence-electron chi connectivity index (χ4n) is 1.90. The van der Waals surface area contributed by atoms with E-state index < -0.39 is 0 Å². The van der Waals surface area contributed by atoms with Gasteiger partial charge in [0.2, 0.25) is 0 Å². The fraction of sp³-hybridized carbons (Fsp3) is 0.333. The largest absolute Gasteiger partial charge is 0.326 e. The number of hydrogen-bond acceptors (Lipinski definition) is 2. The van der Waals surface area contributed by atoms with Crippen LogP contribution in [0.1, 0.15) is 25.5 Å². The van der Waals surface area contributed by atoms with Gasteiger partial charge in [-0.1, -0.05) is 6.07 Å². The van der Waals surface area contributed by atoms with E-state index in [0.29, 0.717) is 6.42 Å². The van der Waals surface area contributed by atoms with Crippen LogP contribution in [0.2, 0.25) is 0 Å². The van der Waals surface area contributed by atoms with Gasteiger partial charge in [0, 0.05) is 12.5 Å². The number of aldehydes is 1. The van der Waals surface area contributed by atoms with E-state index in [9.17, 15) is 9.59 Å². The lowest BCUT2D eigenvalue weighted by molar-refractivity contribution is -0.107. The molecule has 1 aromatic carbocycles. The van der Waals surface area contributed by atoms with Crippen LogP contribution in [-0.2, 0) is 11.2 Å². The Balaban J connectivity index is 2.69. The number of aromatic nitrogens is 2. The van der Waals surface area contributed by atoms with Crippen LogP contribution < -0.4 is 5.69 Å². The highest BCUT2D eigenvalue weighted by molar-refractivity contribution is 5.77. The standard InChI is InChI=1S/C12H14N2O2/c1-8(2)14-11-7-9(5-6-15)3-4-10(11)13-12(14)16/h3-4,6-8H,5H2,1-2H3,(H,13,16). The normalized spacial score (nSPS) is 11.2. The predicted octanol–water partition coefficient (Wildman–Crippen LogP) is 1.65. The SMILES string of the molecule is CC(C)n1c(=O)[nH]c2ccc(CC=O)cc21. The van der Waals surface area contributed by atoms with Crippen LogP contribution in [0.3, 0.4) is 0 Å². The van der Waals surface area contributed by atoms with Crippen molar-refractivity contribution in [3.05, 3.63) is 34.2 Å². The van der Waals surface area contributed by atoms with E-state index in [2.05, 4.69) is 4.98 Å². The molecule has 84 valence electrons. The molecular formula is C12H14N2O2. The Hall–Kier alpha value is -1.84. The van der Waals surface area contributed by atoms with E-state index in [-0.39, 0.29) is 11.7 Å². The third kappa shape index (κ3) is 1.66. The van der Waals surface area contributed by atoms with Gasteiger partial charge in [0.25, 0.3) is 0 Å². The van der Waals surface area contributed by atoms with Crippen LogP contribution in [0.5, 0.6) is 0 Å². The Kier molecular flexibility index (Phi) is 2.64. The van der Waals surface area contributed by atoms with Gasteiger partial charge < -0.3 is 9.78 Å². The summed E-state index contributed by atoms with van der Waals surface area (Å²) in [6, 6.07) is 5.70. The summed E-state index contributed by atoms with van der Waals surface area (Å²) in [7, 11) is 0. The number of nitrogens with zero attached hydrogens (tertiary/aromatic N) is 1. The quantitative estimate of drug-likeness (QED) is 0.796. The second kappa shape index (κ2) is 3.96. The van der Waals surface area contributed by atoms with Gasteiger partial charge >= 0.3 is 5.69 Å². The lowest BCUT2D eigenvalue weighted by atomic mass is 10.1. The molecule has 0 aliphatic rings. The summed E-state index contributed by atoms with van der Waals surface area (Å²) in [5, 5.41) is 0. The number of carbonyl (C=O) groups is 1. The summed E-state index contributed by atoms with van der Waals surface area (Å²) >= 11 is 0. The van der Waals surface area contributed by atoms with E-state index in [1.165, 1.54) is 0 Å². The molecule has 0 aliphatic heterocycles. The topological polar surface area (TPSA) is 54.9 Å². The van der Waals surface area contributed by atoms with Crippen molar-refractivity contribution in [2.24, 2.45) is 0 Å². The highest BCUT2D eigenvalue weighted by atomic mass is 16.1. The number of nitrogens with one attached hydrogen (secondary N) is 1. The molecule has 0 fully saturated rings. The van der Waals surface area contributed by atoms with Crippen LogP contribution in [-0.4, -0.2) is 15.8 Å². The predicted molar refractivity (Wildman–Crippen MR) is 62.7 cm³/mol. The molecule has 0 aliphatic carbocycles. The Morgan fingerprint density at radius 2 is 2.19 bits per heavy atom. The lowest BCUT2D eigenvalue weighted by Crippen LogP contribution is -2.18. The molecule has 0 saturated carbocycles. The molecule has 0 saturated heterocycles. The lowest BCUT2D eigenvalue weighted by Gasteiger charge is -2.07. The molecule has 4 nitrogen and oxygen atoms in total. The van der Waals surface area contributed by atoms with E-state index in [1.54, 1.807) is 4.57 Å². The smallest absolute Gasteiger partial charge is 0.306 e.